The van der Waals surface area contributed by atoms with Gasteiger partial charge in [0.2, 0.25) is 0 Å². The molecular weight excluding hydrogens is 270 g/mol. The molecule has 2 aromatic rings. The van der Waals surface area contributed by atoms with Gasteiger partial charge in [-0.1, -0.05) is 35.9 Å². The molecule has 0 spiro atoms. The lowest BCUT2D eigenvalue weighted by Crippen LogP contribution is -2.00. The van der Waals surface area contributed by atoms with Crippen LogP contribution in [0.1, 0.15) is 23.1 Å². The molecule has 0 unspecified atom stereocenters. The smallest absolute Gasteiger partial charge is 0.0438 e. The summed E-state index contributed by atoms with van der Waals surface area (Å²) in [6, 6.07) is 14.4. The fraction of sp³-hybridized carbons (Fsp3) is 0.294. The van der Waals surface area contributed by atoms with Crippen molar-refractivity contribution in [1.82, 2.24) is 0 Å². The molecule has 0 amide bonds. The van der Waals surface area contributed by atoms with Gasteiger partial charge in [-0.05, 0) is 54.7 Å². The number of nitrogens with one attached hydrogen (secondary N) is 1. The predicted octanol–water partition coefficient (Wildman–Crippen LogP) is 4.19. The number of aliphatic hydroxyl groups is 1. The maximum atomic E-state index is 8.87. The van der Waals surface area contributed by atoms with Gasteiger partial charge in [-0.2, -0.15) is 0 Å². The van der Waals surface area contributed by atoms with Crippen LogP contribution in [0.3, 0.4) is 0 Å². The quantitative estimate of drug-likeness (QED) is 0.836. The molecule has 0 heterocycles. The zero-order valence-corrected chi connectivity index (χ0v) is 12.5. The number of halogens is 1. The lowest BCUT2D eigenvalue weighted by molar-refractivity contribution is 0.288. The molecule has 106 valence electrons. The third kappa shape index (κ3) is 4.26. The molecule has 0 saturated heterocycles. The molecule has 20 heavy (non-hydrogen) atoms. The molecular formula is C17H20ClNO. The monoisotopic (exact) mass is 289 g/mol. The Balaban J connectivity index is 1.97. The van der Waals surface area contributed by atoms with Crippen molar-refractivity contribution in [3.05, 3.63) is 64.2 Å². The van der Waals surface area contributed by atoms with Crippen LogP contribution in [0.4, 0.5) is 5.69 Å². The van der Waals surface area contributed by atoms with Gasteiger partial charge in [-0.15, -0.1) is 0 Å². The summed E-state index contributed by atoms with van der Waals surface area (Å²) >= 11 is 6.13. The van der Waals surface area contributed by atoms with E-state index in [0.717, 1.165) is 35.7 Å². The van der Waals surface area contributed by atoms with Gasteiger partial charge in [0.25, 0.3) is 0 Å². The van der Waals surface area contributed by atoms with Crippen LogP contribution in [0.15, 0.2) is 42.5 Å². The van der Waals surface area contributed by atoms with Gasteiger partial charge in [0, 0.05) is 23.9 Å². The van der Waals surface area contributed by atoms with E-state index in [0.29, 0.717) is 0 Å². The first kappa shape index (κ1) is 14.9. The Morgan fingerprint density at radius 3 is 2.70 bits per heavy atom. The fourth-order valence-corrected chi connectivity index (χ4v) is 2.27. The van der Waals surface area contributed by atoms with Crippen molar-refractivity contribution in [2.45, 2.75) is 26.3 Å². The third-order valence-electron chi connectivity index (χ3n) is 3.28. The molecule has 0 aliphatic rings. The average Bonchev–Trinajstić information content (AvgIpc) is 2.47. The van der Waals surface area contributed by atoms with Gasteiger partial charge in [0.1, 0.15) is 0 Å². The minimum atomic E-state index is 0.236. The van der Waals surface area contributed by atoms with E-state index in [1.165, 1.54) is 11.1 Å². The van der Waals surface area contributed by atoms with E-state index in [9.17, 15) is 0 Å². The highest BCUT2D eigenvalue weighted by molar-refractivity contribution is 6.31. The second-order valence-electron chi connectivity index (χ2n) is 4.96. The van der Waals surface area contributed by atoms with Crippen molar-refractivity contribution in [1.29, 1.82) is 0 Å². The van der Waals surface area contributed by atoms with Gasteiger partial charge < -0.3 is 10.4 Å². The predicted molar refractivity (Wildman–Crippen MR) is 85.4 cm³/mol. The van der Waals surface area contributed by atoms with Gasteiger partial charge in [-0.3, -0.25) is 0 Å². The average molecular weight is 290 g/mol. The van der Waals surface area contributed by atoms with Crippen LogP contribution >= 0.6 is 11.6 Å². The number of benzene rings is 2. The lowest BCUT2D eigenvalue weighted by atomic mass is 10.1. The van der Waals surface area contributed by atoms with Crippen LogP contribution < -0.4 is 5.32 Å². The van der Waals surface area contributed by atoms with E-state index in [1.807, 2.05) is 25.1 Å². The number of hydrogen-bond acceptors (Lipinski definition) is 2. The molecule has 0 fully saturated rings. The summed E-state index contributed by atoms with van der Waals surface area (Å²) in [5.41, 5.74) is 4.60. The van der Waals surface area contributed by atoms with E-state index in [-0.39, 0.29) is 6.61 Å². The number of rotatable bonds is 6. The summed E-state index contributed by atoms with van der Waals surface area (Å²) in [4.78, 5) is 0. The topological polar surface area (TPSA) is 32.3 Å². The van der Waals surface area contributed by atoms with Gasteiger partial charge >= 0.3 is 0 Å². The molecule has 0 radical (unpaired) electrons. The summed E-state index contributed by atoms with van der Waals surface area (Å²) in [7, 11) is 0. The normalized spacial score (nSPS) is 10.6. The highest BCUT2D eigenvalue weighted by Crippen LogP contribution is 2.18. The molecule has 3 heteroatoms. The molecule has 0 aromatic heterocycles. The molecule has 2 nitrogen and oxygen atoms in total. The van der Waals surface area contributed by atoms with Crippen LogP contribution in [-0.2, 0) is 13.0 Å². The summed E-state index contributed by atoms with van der Waals surface area (Å²) in [6.45, 7) is 2.99. The SMILES string of the molecule is Cc1ccc(CNc2cccc(CCCO)c2)cc1Cl. The van der Waals surface area contributed by atoms with E-state index >= 15 is 0 Å². The largest absolute Gasteiger partial charge is 0.396 e. The van der Waals surface area contributed by atoms with Crippen molar-refractivity contribution in [3.8, 4) is 0 Å². The highest BCUT2D eigenvalue weighted by atomic mass is 35.5. The van der Waals surface area contributed by atoms with E-state index < -0.39 is 0 Å². The lowest BCUT2D eigenvalue weighted by Gasteiger charge is -2.09. The van der Waals surface area contributed by atoms with Crippen LogP contribution in [0, 0.1) is 6.92 Å². The molecule has 0 saturated carbocycles. The molecule has 0 aliphatic carbocycles. The number of hydrogen-bond donors (Lipinski definition) is 2. The Labute approximate surface area is 125 Å². The first-order valence-corrected chi connectivity index (χ1v) is 7.25. The summed E-state index contributed by atoms with van der Waals surface area (Å²) in [6.07, 6.45) is 1.71. The minimum absolute atomic E-state index is 0.236. The van der Waals surface area contributed by atoms with E-state index in [4.69, 9.17) is 16.7 Å². The van der Waals surface area contributed by atoms with Crippen molar-refractivity contribution >= 4 is 17.3 Å². The van der Waals surface area contributed by atoms with Crippen LogP contribution in [-0.4, -0.2) is 11.7 Å². The van der Waals surface area contributed by atoms with Crippen molar-refractivity contribution in [3.63, 3.8) is 0 Å². The first-order chi connectivity index (χ1) is 9.69. The zero-order valence-electron chi connectivity index (χ0n) is 11.7. The molecule has 2 aromatic carbocycles. The fourth-order valence-electron chi connectivity index (χ4n) is 2.07. The Morgan fingerprint density at radius 1 is 1.10 bits per heavy atom. The molecule has 2 N–H and O–H groups in total. The summed E-state index contributed by atoms with van der Waals surface area (Å²) in [5.74, 6) is 0. The van der Waals surface area contributed by atoms with Crippen molar-refractivity contribution in [2.75, 3.05) is 11.9 Å². The molecule has 2 rings (SSSR count). The second-order valence-corrected chi connectivity index (χ2v) is 5.37. The second kappa shape index (κ2) is 7.32. The molecule has 0 bridgehead atoms. The van der Waals surface area contributed by atoms with Gasteiger partial charge in [0.15, 0.2) is 0 Å². The maximum Gasteiger partial charge on any atom is 0.0438 e. The Bertz CT molecular complexity index is 569. The number of anilines is 1. The van der Waals surface area contributed by atoms with Crippen molar-refractivity contribution < 1.29 is 5.11 Å². The van der Waals surface area contributed by atoms with Gasteiger partial charge in [-0.25, -0.2) is 0 Å². The van der Waals surface area contributed by atoms with E-state index in [1.54, 1.807) is 0 Å². The van der Waals surface area contributed by atoms with Gasteiger partial charge in [0.05, 0.1) is 0 Å². The molecule has 0 atom stereocenters. The van der Waals surface area contributed by atoms with Crippen LogP contribution in [0.5, 0.6) is 0 Å². The Morgan fingerprint density at radius 2 is 1.95 bits per heavy atom. The Hall–Kier alpha value is -1.51. The first-order valence-electron chi connectivity index (χ1n) is 6.88. The Kier molecular flexibility index (Phi) is 5.45. The standard InChI is InChI=1S/C17H20ClNO/c1-13-7-8-15(11-17(13)18)12-19-16-6-2-4-14(10-16)5-3-9-20/h2,4,6-8,10-11,19-20H,3,5,9,12H2,1H3. The summed E-state index contributed by atoms with van der Waals surface area (Å²) in [5, 5.41) is 13.1. The zero-order chi connectivity index (χ0) is 14.4. The number of aryl methyl sites for hydroxylation is 2. The maximum absolute atomic E-state index is 8.87. The van der Waals surface area contributed by atoms with Crippen molar-refractivity contribution in [2.24, 2.45) is 0 Å². The third-order valence-corrected chi connectivity index (χ3v) is 3.69. The van der Waals surface area contributed by atoms with Crippen LogP contribution in [0.25, 0.3) is 0 Å². The summed E-state index contributed by atoms with van der Waals surface area (Å²) < 4.78 is 0. The molecule has 0 aliphatic heterocycles. The number of aliphatic hydroxyl groups excluding tert-OH is 1. The van der Waals surface area contributed by atoms with E-state index in [2.05, 4.69) is 29.6 Å². The highest BCUT2D eigenvalue weighted by Gasteiger charge is 1.99. The minimum Gasteiger partial charge on any atom is -0.396 e. The van der Waals surface area contributed by atoms with Crippen LogP contribution in [0.2, 0.25) is 5.02 Å².